The summed E-state index contributed by atoms with van der Waals surface area (Å²) in [4.78, 5) is 9.23. The lowest BCUT2D eigenvalue weighted by molar-refractivity contribution is 0.399. The summed E-state index contributed by atoms with van der Waals surface area (Å²) in [7, 11) is 5.33. The van der Waals surface area contributed by atoms with Crippen LogP contribution in [0.1, 0.15) is 5.56 Å². The highest BCUT2D eigenvalue weighted by Crippen LogP contribution is 2.27. The second kappa shape index (κ2) is 8.63. The molecule has 4 rings (SSSR count). The van der Waals surface area contributed by atoms with Gasteiger partial charge in [0.25, 0.3) is 0 Å². The van der Waals surface area contributed by atoms with E-state index in [2.05, 4.69) is 15.3 Å². The van der Waals surface area contributed by atoms with Gasteiger partial charge >= 0.3 is 0 Å². The molecule has 0 saturated carbocycles. The fourth-order valence-electron chi connectivity index (χ4n) is 3.45. The quantitative estimate of drug-likeness (QED) is 0.456. The molecule has 0 aliphatic rings. The van der Waals surface area contributed by atoms with Crippen molar-refractivity contribution in [3.63, 3.8) is 0 Å². The van der Waals surface area contributed by atoms with Crippen molar-refractivity contribution >= 4 is 28.6 Å². The molecule has 7 heteroatoms. The van der Waals surface area contributed by atoms with Crippen LogP contribution in [0, 0.1) is 0 Å². The minimum Gasteiger partial charge on any atom is -0.497 e. The maximum absolute atomic E-state index is 6.12. The molecular weight excluding hydrogens is 400 g/mol. The summed E-state index contributed by atoms with van der Waals surface area (Å²) in [5.41, 5.74) is 4.75. The van der Waals surface area contributed by atoms with E-state index in [9.17, 15) is 0 Å². The highest BCUT2D eigenvalue weighted by atomic mass is 35.5. The lowest BCUT2D eigenvalue weighted by Crippen LogP contribution is -2.09. The van der Waals surface area contributed by atoms with Crippen LogP contribution in [0.15, 0.2) is 54.7 Å². The molecule has 0 aliphatic carbocycles. The Bertz CT molecular complexity index is 1190. The largest absolute Gasteiger partial charge is 0.497 e. The number of anilines is 1. The normalized spacial score (nSPS) is 10.9. The summed E-state index contributed by atoms with van der Waals surface area (Å²) in [5, 5.41) is 4.10. The van der Waals surface area contributed by atoms with Crippen molar-refractivity contribution in [2.75, 3.05) is 26.1 Å². The van der Waals surface area contributed by atoms with E-state index in [-0.39, 0.29) is 0 Å². The third-order valence-electron chi connectivity index (χ3n) is 5.05. The van der Waals surface area contributed by atoms with E-state index in [0.29, 0.717) is 11.6 Å². The Kier molecular flexibility index (Phi) is 5.77. The van der Waals surface area contributed by atoms with Gasteiger partial charge in [0, 0.05) is 24.2 Å². The van der Waals surface area contributed by atoms with Gasteiger partial charge in [-0.3, -0.25) is 4.98 Å². The van der Waals surface area contributed by atoms with E-state index in [1.807, 2.05) is 60.1 Å². The standard InChI is InChI=1S/C23H23ClN4O2/c1-28-21-13-19(15-5-4-6-17(24)11-15)26-14-20(21)27-23(28)25-10-9-16-12-18(29-2)7-8-22(16)30-3/h4-8,11-14H,9-10H2,1-3H3,(H,25,27). The number of imidazole rings is 1. The topological polar surface area (TPSA) is 61.2 Å². The molecule has 6 nitrogen and oxygen atoms in total. The number of pyridine rings is 1. The number of aryl methyl sites for hydroxylation is 1. The molecule has 0 amide bonds. The van der Waals surface area contributed by atoms with Crippen LogP contribution in [0.25, 0.3) is 22.3 Å². The van der Waals surface area contributed by atoms with Gasteiger partial charge in [0.1, 0.15) is 17.0 Å². The van der Waals surface area contributed by atoms with E-state index in [4.69, 9.17) is 21.1 Å². The Morgan fingerprint density at radius 1 is 1.07 bits per heavy atom. The predicted molar refractivity (Wildman–Crippen MR) is 121 cm³/mol. The van der Waals surface area contributed by atoms with E-state index in [0.717, 1.165) is 51.7 Å². The number of hydrogen-bond acceptors (Lipinski definition) is 5. The smallest absolute Gasteiger partial charge is 0.203 e. The van der Waals surface area contributed by atoms with Crippen molar-refractivity contribution in [2.24, 2.45) is 7.05 Å². The van der Waals surface area contributed by atoms with Crippen LogP contribution < -0.4 is 14.8 Å². The maximum Gasteiger partial charge on any atom is 0.203 e. The average Bonchev–Trinajstić information content (AvgIpc) is 3.08. The molecule has 1 N–H and O–H groups in total. The Morgan fingerprint density at radius 3 is 2.70 bits per heavy atom. The van der Waals surface area contributed by atoms with E-state index in [1.54, 1.807) is 20.4 Å². The fraction of sp³-hybridized carbons (Fsp3) is 0.217. The van der Waals surface area contributed by atoms with E-state index >= 15 is 0 Å². The molecule has 0 bridgehead atoms. The molecule has 0 aliphatic heterocycles. The maximum atomic E-state index is 6.12. The number of benzene rings is 2. The molecule has 0 atom stereocenters. The first kappa shape index (κ1) is 20.0. The Balaban J connectivity index is 1.53. The molecule has 2 heterocycles. The highest BCUT2D eigenvalue weighted by molar-refractivity contribution is 6.30. The first-order valence-corrected chi connectivity index (χ1v) is 10.00. The Labute approximate surface area is 180 Å². The SMILES string of the molecule is COc1ccc(OC)c(CCNc2nc3cnc(-c4cccc(Cl)c4)cc3n2C)c1. The fourth-order valence-corrected chi connectivity index (χ4v) is 3.64. The highest BCUT2D eigenvalue weighted by Gasteiger charge is 2.11. The van der Waals surface area contributed by atoms with Gasteiger partial charge in [-0.2, -0.15) is 0 Å². The molecule has 2 aromatic heterocycles. The summed E-state index contributed by atoms with van der Waals surface area (Å²) in [5.74, 6) is 2.45. The second-order valence-corrected chi connectivity index (χ2v) is 7.35. The Morgan fingerprint density at radius 2 is 1.93 bits per heavy atom. The number of ether oxygens (including phenoxy) is 2. The van der Waals surface area contributed by atoms with Crippen molar-refractivity contribution in [3.05, 3.63) is 65.3 Å². The number of nitrogens with zero attached hydrogens (tertiary/aromatic N) is 3. The molecule has 154 valence electrons. The van der Waals surface area contributed by atoms with Crippen LogP contribution in [0.2, 0.25) is 5.02 Å². The molecule has 4 aromatic rings. The number of halogens is 1. The molecule has 0 fully saturated rings. The number of methoxy groups -OCH3 is 2. The van der Waals surface area contributed by atoms with Crippen molar-refractivity contribution in [1.82, 2.24) is 14.5 Å². The number of aromatic nitrogens is 3. The van der Waals surface area contributed by atoms with Gasteiger partial charge in [-0.25, -0.2) is 4.98 Å². The van der Waals surface area contributed by atoms with Gasteiger partial charge in [-0.05, 0) is 48.4 Å². The molecule has 0 saturated heterocycles. The lowest BCUT2D eigenvalue weighted by Gasteiger charge is -2.11. The molecule has 30 heavy (non-hydrogen) atoms. The van der Waals surface area contributed by atoms with Gasteiger partial charge in [0.05, 0.1) is 31.6 Å². The molecule has 0 unspecified atom stereocenters. The zero-order valence-electron chi connectivity index (χ0n) is 17.1. The summed E-state index contributed by atoms with van der Waals surface area (Å²) in [6.07, 6.45) is 2.57. The van der Waals surface area contributed by atoms with Crippen LogP contribution in [0.5, 0.6) is 11.5 Å². The number of nitrogens with one attached hydrogen (secondary N) is 1. The average molecular weight is 423 g/mol. The van der Waals surface area contributed by atoms with Crippen molar-refractivity contribution < 1.29 is 9.47 Å². The minimum atomic E-state index is 0.690. The van der Waals surface area contributed by atoms with Crippen LogP contribution >= 0.6 is 11.6 Å². The monoisotopic (exact) mass is 422 g/mol. The van der Waals surface area contributed by atoms with Gasteiger partial charge in [0.15, 0.2) is 0 Å². The third-order valence-corrected chi connectivity index (χ3v) is 5.29. The molecule has 0 spiro atoms. The molecule has 2 aromatic carbocycles. The van der Waals surface area contributed by atoms with Gasteiger partial charge in [-0.1, -0.05) is 23.7 Å². The zero-order valence-corrected chi connectivity index (χ0v) is 17.9. The van der Waals surface area contributed by atoms with E-state index in [1.165, 1.54) is 0 Å². The minimum absolute atomic E-state index is 0.690. The van der Waals surface area contributed by atoms with Gasteiger partial charge in [-0.15, -0.1) is 0 Å². The predicted octanol–water partition coefficient (Wildman–Crippen LogP) is 4.96. The van der Waals surface area contributed by atoms with Gasteiger partial charge < -0.3 is 19.4 Å². The van der Waals surface area contributed by atoms with E-state index < -0.39 is 0 Å². The van der Waals surface area contributed by atoms with Crippen LogP contribution in [0.3, 0.4) is 0 Å². The third kappa shape index (κ3) is 4.04. The number of rotatable bonds is 7. The van der Waals surface area contributed by atoms with Crippen molar-refractivity contribution in [3.8, 4) is 22.8 Å². The number of fused-ring (bicyclic) bond motifs is 1. The van der Waals surface area contributed by atoms with Crippen LogP contribution in [-0.2, 0) is 13.5 Å². The molecular formula is C23H23ClN4O2. The zero-order chi connectivity index (χ0) is 21.1. The molecule has 0 radical (unpaired) electrons. The van der Waals surface area contributed by atoms with Crippen molar-refractivity contribution in [1.29, 1.82) is 0 Å². The first-order chi connectivity index (χ1) is 14.6. The summed E-state index contributed by atoms with van der Waals surface area (Å²) in [6.45, 7) is 0.704. The van der Waals surface area contributed by atoms with Crippen molar-refractivity contribution in [2.45, 2.75) is 6.42 Å². The van der Waals surface area contributed by atoms with Crippen LogP contribution in [-0.4, -0.2) is 35.3 Å². The number of hydrogen-bond donors (Lipinski definition) is 1. The summed E-state index contributed by atoms with van der Waals surface area (Å²) >= 11 is 6.12. The van der Waals surface area contributed by atoms with Gasteiger partial charge in [0.2, 0.25) is 5.95 Å². The second-order valence-electron chi connectivity index (χ2n) is 6.92. The summed E-state index contributed by atoms with van der Waals surface area (Å²) < 4.78 is 12.8. The first-order valence-electron chi connectivity index (χ1n) is 9.62. The van der Waals surface area contributed by atoms with Crippen LogP contribution in [0.4, 0.5) is 5.95 Å². The lowest BCUT2D eigenvalue weighted by atomic mass is 10.1. The summed E-state index contributed by atoms with van der Waals surface area (Å²) in [6, 6.07) is 15.5. The Hall–Kier alpha value is -3.25.